The van der Waals surface area contributed by atoms with Crippen LogP contribution in [0.15, 0.2) is 29.1 Å². The predicted molar refractivity (Wildman–Crippen MR) is 84.9 cm³/mol. The quantitative estimate of drug-likeness (QED) is 0.691. The van der Waals surface area contributed by atoms with Gasteiger partial charge in [0, 0.05) is 17.7 Å². The number of benzene rings is 1. The third kappa shape index (κ3) is 2.54. The molecule has 3 aromatic rings. The van der Waals surface area contributed by atoms with Gasteiger partial charge in [-0.25, -0.2) is 4.39 Å². The lowest BCUT2D eigenvalue weighted by molar-refractivity contribution is 0.387. The van der Waals surface area contributed by atoms with Gasteiger partial charge < -0.3 is 15.0 Å². The molecule has 0 unspecified atom stereocenters. The maximum Gasteiger partial charge on any atom is 0.257 e. The largest absolute Gasteiger partial charge is 0.494 e. The maximum absolute atomic E-state index is 13.7. The molecule has 0 amide bonds. The molecule has 1 fully saturated rings. The van der Waals surface area contributed by atoms with E-state index in [1.807, 2.05) is 6.07 Å². The van der Waals surface area contributed by atoms with Crippen LogP contribution in [-0.2, 0) is 0 Å². The number of hydrogen-bond donors (Lipinski definition) is 3. The second-order valence-corrected chi connectivity index (χ2v) is 5.69. The number of aromatic amines is 2. The molecule has 0 aliphatic heterocycles. The number of nitrogens with one attached hydrogen (secondary N) is 3. The van der Waals surface area contributed by atoms with Crippen molar-refractivity contribution in [3.8, 4) is 5.75 Å². The summed E-state index contributed by atoms with van der Waals surface area (Å²) in [6, 6.07) is 6.34. The van der Waals surface area contributed by atoms with Gasteiger partial charge in [-0.05, 0) is 36.4 Å². The Kier molecular flexibility index (Phi) is 3.07. The molecule has 0 saturated heterocycles. The Morgan fingerprint density at radius 1 is 1.30 bits per heavy atom. The van der Waals surface area contributed by atoms with Crippen LogP contribution in [0.1, 0.15) is 24.5 Å². The van der Waals surface area contributed by atoms with E-state index in [9.17, 15) is 9.18 Å². The van der Waals surface area contributed by atoms with E-state index in [1.54, 1.807) is 6.07 Å². The van der Waals surface area contributed by atoms with Gasteiger partial charge in [-0.1, -0.05) is 0 Å². The molecule has 3 N–H and O–H groups in total. The zero-order valence-electron chi connectivity index (χ0n) is 12.4. The molecule has 1 aliphatic rings. The van der Waals surface area contributed by atoms with Gasteiger partial charge in [0.2, 0.25) is 0 Å². The van der Waals surface area contributed by atoms with Crippen LogP contribution in [-0.4, -0.2) is 22.3 Å². The lowest BCUT2D eigenvalue weighted by atomic mass is 10.1. The lowest BCUT2D eigenvalue weighted by Crippen LogP contribution is -2.09. The summed E-state index contributed by atoms with van der Waals surface area (Å²) in [6.45, 7) is 0. The standard InChI is InChI=1S/C16H15FN4O2/c1-23-13-4-9-5-14(19-16(22)10(9)6-11(13)17)18-15-7-12(20-21-15)8-2-3-8/h4-8H,2-3H2,1H3,(H3,18,19,20,21,22). The van der Waals surface area contributed by atoms with Gasteiger partial charge in [0.15, 0.2) is 17.4 Å². The first-order valence-electron chi connectivity index (χ1n) is 7.37. The van der Waals surface area contributed by atoms with Gasteiger partial charge in [-0.15, -0.1) is 0 Å². The van der Waals surface area contributed by atoms with Gasteiger partial charge in [0.05, 0.1) is 12.5 Å². The first-order chi connectivity index (χ1) is 11.1. The number of H-pyrrole nitrogens is 2. The second-order valence-electron chi connectivity index (χ2n) is 5.69. The Bertz CT molecular complexity index is 943. The zero-order chi connectivity index (χ0) is 16.0. The molecule has 2 heterocycles. The van der Waals surface area contributed by atoms with Gasteiger partial charge >= 0.3 is 0 Å². The minimum Gasteiger partial charge on any atom is -0.494 e. The van der Waals surface area contributed by atoms with Crippen LogP contribution >= 0.6 is 0 Å². The van der Waals surface area contributed by atoms with Crippen LogP contribution in [0.2, 0.25) is 0 Å². The van der Waals surface area contributed by atoms with Crippen LogP contribution in [0.4, 0.5) is 16.0 Å². The predicted octanol–water partition coefficient (Wildman–Crippen LogP) is 3.02. The van der Waals surface area contributed by atoms with E-state index >= 15 is 0 Å². The minimum absolute atomic E-state index is 0.102. The fourth-order valence-corrected chi connectivity index (χ4v) is 2.63. The van der Waals surface area contributed by atoms with E-state index in [0.29, 0.717) is 22.9 Å². The Morgan fingerprint density at radius 3 is 2.87 bits per heavy atom. The third-order valence-electron chi connectivity index (χ3n) is 3.99. The Morgan fingerprint density at radius 2 is 2.13 bits per heavy atom. The van der Waals surface area contributed by atoms with E-state index in [2.05, 4.69) is 20.5 Å². The third-order valence-corrected chi connectivity index (χ3v) is 3.99. The molecular weight excluding hydrogens is 299 g/mol. The zero-order valence-corrected chi connectivity index (χ0v) is 12.4. The summed E-state index contributed by atoms with van der Waals surface area (Å²) in [5.41, 5.74) is 0.726. The molecule has 1 aromatic carbocycles. The first-order valence-corrected chi connectivity index (χ1v) is 7.37. The molecule has 118 valence electrons. The number of halogens is 1. The van der Waals surface area contributed by atoms with Crippen LogP contribution in [0.3, 0.4) is 0 Å². The Labute approximate surface area is 130 Å². The van der Waals surface area contributed by atoms with E-state index in [-0.39, 0.29) is 16.7 Å². The number of fused-ring (bicyclic) bond motifs is 1. The van der Waals surface area contributed by atoms with Crippen molar-refractivity contribution in [3.05, 3.63) is 46.1 Å². The van der Waals surface area contributed by atoms with Gasteiger partial charge in [-0.3, -0.25) is 9.89 Å². The van der Waals surface area contributed by atoms with Crippen molar-refractivity contribution in [3.63, 3.8) is 0 Å². The monoisotopic (exact) mass is 314 g/mol. The lowest BCUT2D eigenvalue weighted by Gasteiger charge is -2.07. The Hall–Kier alpha value is -2.83. The topological polar surface area (TPSA) is 82.8 Å². The van der Waals surface area contributed by atoms with Crippen molar-refractivity contribution < 1.29 is 9.13 Å². The summed E-state index contributed by atoms with van der Waals surface area (Å²) in [4.78, 5) is 14.8. The highest BCUT2D eigenvalue weighted by Gasteiger charge is 2.25. The van der Waals surface area contributed by atoms with Crippen LogP contribution in [0.5, 0.6) is 5.75 Å². The molecule has 7 heteroatoms. The van der Waals surface area contributed by atoms with Crippen LogP contribution in [0, 0.1) is 5.82 Å². The summed E-state index contributed by atoms with van der Waals surface area (Å²) in [6.07, 6.45) is 2.36. The number of pyridine rings is 1. The molecule has 0 bridgehead atoms. The summed E-state index contributed by atoms with van der Waals surface area (Å²) < 4.78 is 18.7. The van der Waals surface area contributed by atoms with E-state index in [0.717, 1.165) is 5.69 Å². The number of methoxy groups -OCH3 is 1. The highest BCUT2D eigenvalue weighted by molar-refractivity contribution is 5.85. The van der Waals surface area contributed by atoms with Crippen LogP contribution in [0.25, 0.3) is 10.8 Å². The highest BCUT2D eigenvalue weighted by Crippen LogP contribution is 2.39. The number of anilines is 2. The number of nitrogens with zero attached hydrogens (tertiary/aromatic N) is 1. The number of rotatable bonds is 4. The van der Waals surface area contributed by atoms with Crippen molar-refractivity contribution in [2.24, 2.45) is 0 Å². The van der Waals surface area contributed by atoms with Crippen LogP contribution < -0.4 is 15.6 Å². The number of hydrogen-bond acceptors (Lipinski definition) is 4. The molecule has 0 spiro atoms. The van der Waals surface area contributed by atoms with Crippen molar-refractivity contribution in [1.29, 1.82) is 0 Å². The van der Waals surface area contributed by atoms with E-state index < -0.39 is 5.82 Å². The summed E-state index contributed by atoms with van der Waals surface area (Å²) >= 11 is 0. The Balaban J connectivity index is 1.71. The second kappa shape index (κ2) is 5.12. The molecule has 0 atom stereocenters. The van der Waals surface area contributed by atoms with E-state index in [1.165, 1.54) is 32.1 Å². The number of ether oxygens (including phenoxy) is 1. The van der Waals surface area contributed by atoms with Crippen molar-refractivity contribution in [2.75, 3.05) is 12.4 Å². The van der Waals surface area contributed by atoms with Gasteiger partial charge in [0.25, 0.3) is 5.56 Å². The molecule has 1 aliphatic carbocycles. The summed E-state index contributed by atoms with van der Waals surface area (Å²) in [5, 5.41) is 11.1. The highest BCUT2D eigenvalue weighted by atomic mass is 19.1. The summed E-state index contributed by atoms with van der Waals surface area (Å²) in [7, 11) is 1.39. The van der Waals surface area contributed by atoms with Crippen molar-refractivity contribution in [1.82, 2.24) is 15.2 Å². The van der Waals surface area contributed by atoms with Crippen molar-refractivity contribution in [2.45, 2.75) is 18.8 Å². The average Bonchev–Trinajstić information content (AvgIpc) is 3.28. The smallest absolute Gasteiger partial charge is 0.257 e. The van der Waals surface area contributed by atoms with Gasteiger partial charge in [0.1, 0.15) is 5.82 Å². The normalized spacial score (nSPS) is 14.2. The molecule has 0 radical (unpaired) electrons. The summed E-state index contributed by atoms with van der Waals surface area (Å²) in [5.74, 6) is 1.24. The first kappa shape index (κ1) is 13.8. The average molecular weight is 314 g/mol. The fourth-order valence-electron chi connectivity index (χ4n) is 2.63. The molecule has 4 rings (SSSR count). The molecule has 1 saturated carbocycles. The van der Waals surface area contributed by atoms with E-state index in [4.69, 9.17) is 4.74 Å². The molecular formula is C16H15FN4O2. The molecule has 23 heavy (non-hydrogen) atoms. The fraction of sp³-hybridized carbons (Fsp3) is 0.250. The van der Waals surface area contributed by atoms with Crippen molar-refractivity contribution >= 4 is 22.4 Å². The minimum atomic E-state index is -0.562. The number of aromatic nitrogens is 3. The maximum atomic E-state index is 13.7. The van der Waals surface area contributed by atoms with Gasteiger partial charge in [-0.2, -0.15) is 5.10 Å². The SMILES string of the molecule is COc1cc2cc(Nc3cc(C4CC4)[nH]n3)[nH]c(=O)c2cc1F. The molecule has 2 aromatic heterocycles. The molecule has 6 nitrogen and oxygen atoms in total.